The van der Waals surface area contributed by atoms with Gasteiger partial charge in [0.25, 0.3) is 5.91 Å². The number of hydrogen-bond donors (Lipinski definition) is 1. The van der Waals surface area contributed by atoms with Gasteiger partial charge in [0.2, 0.25) is 5.95 Å². The molecule has 3 aromatic rings. The zero-order valence-corrected chi connectivity index (χ0v) is 14.0. The molecule has 0 saturated carbocycles. The van der Waals surface area contributed by atoms with Crippen molar-refractivity contribution in [2.75, 3.05) is 19.5 Å². The van der Waals surface area contributed by atoms with Gasteiger partial charge in [0.15, 0.2) is 11.5 Å². The number of hydrogen-bond acceptors (Lipinski definition) is 6. The monoisotopic (exact) mass is 341 g/mol. The highest BCUT2D eigenvalue weighted by atomic mass is 32.1. The van der Waals surface area contributed by atoms with E-state index in [9.17, 15) is 4.79 Å². The zero-order valence-electron chi connectivity index (χ0n) is 13.1. The maximum Gasteiger partial charge on any atom is 0.258 e. The van der Waals surface area contributed by atoms with Gasteiger partial charge in [-0.05, 0) is 29.7 Å². The van der Waals surface area contributed by atoms with Crippen molar-refractivity contribution in [3.05, 3.63) is 54.1 Å². The van der Waals surface area contributed by atoms with Crippen LogP contribution in [0.3, 0.4) is 0 Å². The normalized spacial score (nSPS) is 10.2. The molecule has 2 aromatic carbocycles. The quantitative estimate of drug-likeness (QED) is 0.769. The van der Waals surface area contributed by atoms with Crippen LogP contribution in [0.5, 0.6) is 11.5 Å². The molecule has 0 aliphatic heterocycles. The lowest BCUT2D eigenvalue weighted by Gasteiger charge is -2.08. The molecule has 6 nitrogen and oxygen atoms in total. The molecule has 1 heterocycles. The molecule has 0 spiro atoms. The third kappa shape index (κ3) is 3.36. The summed E-state index contributed by atoms with van der Waals surface area (Å²) in [5.41, 5.74) is 1.39. The van der Waals surface area contributed by atoms with Gasteiger partial charge < -0.3 is 9.47 Å². The minimum absolute atomic E-state index is 0.277. The Bertz CT molecular complexity index is 849. The molecule has 24 heavy (non-hydrogen) atoms. The van der Waals surface area contributed by atoms with Gasteiger partial charge in [-0.15, -0.1) is 0 Å². The Hall–Kier alpha value is -2.93. The SMILES string of the molecule is COc1ccc(C(=O)Nc2nsc(-c3ccccc3)n2)cc1OC. The van der Waals surface area contributed by atoms with Gasteiger partial charge in [0.05, 0.1) is 14.2 Å². The number of anilines is 1. The second-order valence-electron chi connectivity index (χ2n) is 4.81. The van der Waals surface area contributed by atoms with E-state index < -0.39 is 0 Å². The molecule has 0 bridgehead atoms. The third-order valence-corrected chi connectivity index (χ3v) is 4.08. The number of nitrogens with one attached hydrogen (secondary N) is 1. The molecule has 122 valence electrons. The smallest absolute Gasteiger partial charge is 0.258 e. The van der Waals surface area contributed by atoms with Gasteiger partial charge >= 0.3 is 0 Å². The summed E-state index contributed by atoms with van der Waals surface area (Å²) in [5.74, 6) is 1.01. The average Bonchev–Trinajstić information content (AvgIpc) is 3.10. The van der Waals surface area contributed by atoms with E-state index in [1.165, 1.54) is 18.6 Å². The average molecular weight is 341 g/mol. The standard InChI is InChI=1S/C17H15N3O3S/c1-22-13-9-8-12(10-14(13)23-2)15(21)18-17-19-16(24-20-17)11-6-4-3-5-7-11/h3-10H,1-2H3,(H,18,20,21). The molecule has 1 aromatic heterocycles. The molecule has 0 unspecified atom stereocenters. The van der Waals surface area contributed by atoms with Crippen LogP contribution in [-0.2, 0) is 0 Å². The van der Waals surface area contributed by atoms with Crippen LogP contribution >= 0.6 is 11.5 Å². The number of ether oxygens (including phenoxy) is 2. The van der Waals surface area contributed by atoms with Crippen LogP contribution in [0, 0.1) is 0 Å². The zero-order chi connectivity index (χ0) is 16.9. The topological polar surface area (TPSA) is 73.3 Å². The van der Waals surface area contributed by atoms with Gasteiger partial charge in [-0.1, -0.05) is 30.3 Å². The first kappa shape index (κ1) is 15.9. The Morgan fingerprint density at radius 2 is 1.79 bits per heavy atom. The van der Waals surface area contributed by atoms with Crippen LogP contribution in [0.1, 0.15) is 10.4 Å². The van der Waals surface area contributed by atoms with Gasteiger partial charge in [0, 0.05) is 11.1 Å². The van der Waals surface area contributed by atoms with E-state index in [0.29, 0.717) is 17.1 Å². The minimum Gasteiger partial charge on any atom is -0.493 e. The predicted octanol–water partition coefficient (Wildman–Crippen LogP) is 3.47. The third-order valence-electron chi connectivity index (χ3n) is 3.32. The van der Waals surface area contributed by atoms with E-state index in [4.69, 9.17) is 9.47 Å². The molecule has 3 rings (SSSR count). The van der Waals surface area contributed by atoms with Crippen LogP contribution in [0.2, 0.25) is 0 Å². The molecule has 0 aliphatic carbocycles. The van der Waals surface area contributed by atoms with Gasteiger partial charge in [-0.3, -0.25) is 10.1 Å². The summed E-state index contributed by atoms with van der Waals surface area (Å²) in [6.45, 7) is 0. The van der Waals surface area contributed by atoms with E-state index >= 15 is 0 Å². The van der Waals surface area contributed by atoms with Crippen molar-refractivity contribution in [3.8, 4) is 22.1 Å². The summed E-state index contributed by atoms with van der Waals surface area (Å²) in [6.07, 6.45) is 0. The number of carbonyl (C=O) groups excluding carboxylic acids is 1. The fraction of sp³-hybridized carbons (Fsp3) is 0.118. The highest BCUT2D eigenvalue weighted by Gasteiger charge is 2.13. The Labute approximate surface area is 143 Å². The summed E-state index contributed by atoms with van der Waals surface area (Å²) in [4.78, 5) is 16.7. The van der Waals surface area contributed by atoms with Crippen molar-refractivity contribution in [2.45, 2.75) is 0 Å². The van der Waals surface area contributed by atoms with E-state index in [1.54, 1.807) is 25.3 Å². The second-order valence-corrected chi connectivity index (χ2v) is 5.56. The molecular weight excluding hydrogens is 326 g/mol. The number of carbonyl (C=O) groups is 1. The van der Waals surface area contributed by atoms with E-state index in [2.05, 4.69) is 14.7 Å². The van der Waals surface area contributed by atoms with Gasteiger partial charge in [-0.2, -0.15) is 9.36 Å². The largest absolute Gasteiger partial charge is 0.493 e. The van der Waals surface area contributed by atoms with Crippen LogP contribution < -0.4 is 14.8 Å². The fourth-order valence-electron chi connectivity index (χ4n) is 2.12. The maximum absolute atomic E-state index is 12.3. The minimum atomic E-state index is -0.312. The number of aromatic nitrogens is 2. The molecule has 0 fully saturated rings. The summed E-state index contributed by atoms with van der Waals surface area (Å²) in [6, 6.07) is 14.6. The van der Waals surface area contributed by atoms with Crippen molar-refractivity contribution in [1.82, 2.24) is 9.36 Å². The number of amides is 1. The predicted molar refractivity (Wildman–Crippen MR) is 92.8 cm³/mol. The number of rotatable bonds is 5. The summed E-state index contributed by atoms with van der Waals surface area (Å²) in [5, 5.41) is 3.44. The molecule has 0 radical (unpaired) electrons. The van der Waals surface area contributed by atoms with E-state index in [-0.39, 0.29) is 11.9 Å². The molecule has 0 aliphatic rings. The maximum atomic E-state index is 12.3. The van der Waals surface area contributed by atoms with Crippen molar-refractivity contribution >= 4 is 23.4 Å². The van der Waals surface area contributed by atoms with Crippen LogP contribution in [0.4, 0.5) is 5.95 Å². The Morgan fingerprint density at radius 1 is 1.04 bits per heavy atom. The molecular formula is C17H15N3O3S. The van der Waals surface area contributed by atoms with Crippen molar-refractivity contribution in [1.29, 1.82) is 0 Å². The van der Waals surface area contributed by atoms with Crippen molar-refractivity contribution in [2.24, 2.45) is 0 Å². The molecule has 7 heteroatoms. The lowest BCUT2D eigenvalue weighted by Crippen LogP contribution is -2.13. The van der Waals surface area contributed by atoms with Crippen LogP contribution in [0.25, 0.3) is 10.6 Å². The molecule has 0 saturated heterocycles. The Morgan fingerprint density at radius 3 is 2.50 bits per heavy atom. The summed E-state index contributed by atoms with van der Waals surface area (Å²) < 4.78 is 14.5. The van der Waals surface area contributed by atoms with Gasteiger partial charge in [-0.25, -0.2) is 0 Å². The fourth-order valence-corrected chi connectivity index (χ4v) is 2.75. The lowest BCUT2D eigenvalue weighted by molar-refractivity contribution is 0.102. The highest BCUT2D eigenvalue weighted by Crippen LogP contribution is 2.28. The van der Waals surface area contributed by atoms with E-state index in [1.807, 2.05) is 30.3 Å². The Balaban J connectivity index is 1.77. The molecule has 0 atom stereocenters. The molecule has 1 N–H and O–H groups in total. The van der Waals surface area contributed by atoms with Crippen LogP contribution in [-0.4, -0.2) is 29.5 Å². The summed E-state index contributed by atoms with van der Waals surface area (Å²) in [7, 11) is 3.07. The summed E-state index contributed by atoms with van der Waals surface area (Å²) >= 11 is 1.23. The molecule has 1 amide bonds. The second kappa shape index (κ2) is 7.10. The number of nitrogens with zero attached hydrogens (tertiary/aromatic N) is 2. The Kier molecular flexibility index (Phi) is 4.72. The highest BCUT2D eigenvalue weighted by molar-refractivity contribution is 7.09. The van der Waals surface area contributed by atoms with Crippen molar-refractivity contribution in [3.63, 3.8) is 0 Å². The van der Waals surface area contributed by atoms with Gasteiger partial charge in [0.1, 0.15) is 5.01 Å². The number of methoxy groups -OCH3 is 2. The first-order valence-corrected chi connectivity index (χ1v) is 7.91. The first-order chi connectivity index (χ1) is 11.7. The van der Waals surface area contributed by atoms with Crippen molar-refractivity contribution < 1.29 is 14.3 Å². The number of benzene rings is 2. The van der Waals surface area contributed by atoms with E-state index in [0.717, 1.165) is 10.6 Å². The first-order valence-electron chi connectivity index (χ1n) is 7.14. The lowest BCUT2D eigenvalue weighted by atomic mass is 10.2. The van der Waals surface area contributed by atoms with Crippen LogP contribution in [0.15, 0.2) is 48.5 Å².